The summed E-state index contributed by atoms with van der Waals surface area (Å²) in [5, 5.41) is 3.30. The summed E-state index contributed by atoms with van der Waals surface area (Å²) in [6.07, 6.45) is 4.28. The smallest absolute Gasteiger partial charge is 0.254 e. The van der Waals surface area contributed by atoms with Gasteiger partial charge in [-0.3, -0.25) is 19.4 Å². The molecule has 3 aliphatic rings. The zero-order valence-corrected chi connectivity index (χ0v) is 24.8. The van der Waals surface area contributed by atoms with Crippen LogP contribution >= 0.6 is 0 Å². The lowest BCUT2D eigenvalue weighted by Crippen LogP contribution is -2.50. The summed E-state index contributed by atoms with van der Waals surface area (Å²) in [4.78, 5) is 34.4. The third-order valence-corrected chi connectivity index (χ3v) is 9.09. The van der Waals surface area contributed by atoms with E-state index in [1.807, 2.05) is 36.1 Å². The molecule has 2 heterocycles. The van der Waals surface area contributed by atoms with Gasteiger partial charge >= 0.3 is 0 Å². The van der Waals surface area contributed by atoms with Gasteiger partial charge in [-0.2, -0.15) is 0 Å². The molecule has 0 aromatic heterocycles. The number of nitrogens with zero attached hydrogens (tertiary/aromatic N) is 3. The second-order valence-electron chi connectivity index (χ2n) is 12.3. The van der Waals surface area contributed by atoms with E-state index in [-0.39, 0.29) is 29.9 Å². The molecule has 1 saturated carbocycles. The lowest BCUT2D eigenvalue weighted by atomic mass is 9.91. The fourth-order valence-electron chi connectivity index (χ4n) is 6.39. The Morgan fingerprint density at radius 2 is 1.59 bits per heavy atom. The molecule has 222 valence electrons. The normalized spacial score (nSPS) is 25.4. The predicted octanol–water partition coefficient (Wildman–Crippen LogP) is 3.11. The molecule has 3 fully saturated rings. The van der Waals surface area contributed by atoms with Crippen LogP contribution in [0.5, 0.6) is 0 Å². The van der Waals surface area contributed by atoms with Crippen molar-refractivity contribution in [3.05, 3.63) is 70.8 Å². The highest BCUT2D eigenvalue weighted by Gasteiger charge is 2.42. The minimum Gasteiger partial charge on any atom is -0.379 e. The molecule has 0 radical (unpaired) electrons. The molecular formula is C33H47N5O3. The summed E-state index contributed by atoms with van der Waals surface area (Å²) < 4.78 is 5.56. The van der Waals surface area contributed by atoms with Gasteiger partial charge in [0.15, 0.2) is 0 Å². The van der Waals surface area contributed by atoms with Gasteiger partial charge in [0.1, 0.15) is 6.04 Å². The van der Waals surface area contributed by atoms with Crippen molar-refractivity contribution in [2.45, 2.75) is 76.7 Å². The summed E-state index contributed by atoms with van der Waals surface area (Å²) in [5.74, 6) is -0.0984. The van der Waals surface area contributed by atoms with Crippen molar-refractivity contribution in [1.82, 2.24) is 20.0 Å². The zero-order chi connectivity index (χ0) is 28.8. The summed E-state index contributed by atoms with van der Waals surface area (Å²) >= 11 is 0. The van der Waals surface area contributed by atoms with E-state index in [1.165, 1.54) is 11.1 Å². The number of carbonyl (C=O) groups excluding carboxylic acids is 2. The van der Waals surface area contributed by atoms with Gasteiger partial charge < -0.3 is 20.7 Å². The van der Waals surface area contributed by atoms with Crippen LogP contribution in [0.4, 0.5) is 0 Å². The highest BCUT2D eigenvalue weighted by atomic mass is 16.5. The van der Waals surface area contributed by atoms with E-state index in [2.05, 4.69) is 46.3 Å². The SMILES string of the molecule is Cc1ccc(CN(CCN2CCOCC2)C2CC(C(=O)NC3CCC(N)CC3)N(C(=O)c3ccc(C)cc3)C2)cc1. The van der Waals surface area contributed by atoms with Crippen molar-refractivity contribution in [2.75, 3.05) is 45.9 Å². The topological polar surface area (TPSA) is 91.1 Å². The number of likely N-dealkylation sites (tertiary alicyclic amines) is 1. The van der Waals surface area contributed by atoms with Crippen molar-refractivity contribution in [1.29, 1.82) is 0 Å². The molecule has 0 bridgehead atoms. The molecule has 8 heteroatoms. The van der Waals surface area contributed by atoms with Crippen LogP contribution in [0.25, 0.3) is 0 Å². The molecule has 2 amide bonds. The van der Waals surface area contributed by atoms with E-state index in [4.69, 9.17) is 10.5 Å². The highest BCUT2D eigenvalue weighted by molar-refractivity contribution is 5.98. The predicted molar refractivity (Wildman–Crippen MR) is 162 cm³/mol. The minimum atomic E-state index is -0.492. The van der Waals surface area contributed by atoms with Crippen LogP contribution in [0.15, 0.2) is 48.5 Å². The zero-order valence-electron chi connectivity index (χ0n) is 24.8. The monoisotopic (exact) mass is 561 g/mol. The number of amides is 2. The van der Waals surface area contributed by atoms with Gasteiger partial charge in [0.05, 0.1) is 13.2 Å². The average Bonchev–Trinajstić information content (AvgIpc) is 3.44. The largest absolute Gasteiger partial charge is 0.379 e. The first-order valence-corrected chi connectivity index (χ1v) is 15.4. The number of nitrogens with two attached hydrogens (primary N) is 1. The third kappa shape index (κ3) is 7.95. The molecule has 0 spiro atoms. The van der Waals surface area contributed by atoms with Gasteiger partial charge in [-0.15, -0.1) is 0 Å². The van der Waals surface area contributed by atoms with Crippen molar-refractivity contribution >= 4 is 11.8 Å². The van der Waals surface area contributed by atoms with Gasteiger partial charge in [0, 0.05) is 63.0 Å². The number of carbonyl (C=O) groups is 2. The number of nitrogens with one attached hydrogen (secondary N) is 1. The number of morpholine rings is 1. The maximum Gasteiger partial charge on any atom is 0.254 e. The molecule has 2 saturated heterocycles. The van der Waals surface area contributed by atoms with Crippen LogP contribution in [0.1, 0.15) is 59.2 Å². The standard InChI is InChI=1S/C33H47N5O3/c1-24-3-7-26(8-4-24)22-37(16-15-36-17-19-41-20-18-36)30-21-31(32(39)35-29-13-11-28(34)12-14-29)38(23-30)33(40)27-9-5-25(2)6-10-27/h3-10,28-31H,11-23,34H2,1-2H3,(H,35,39). The van der Waals surface area contributed by atoms with Crippen LogP contribution in [-0.2, 0) is 16.1 Å². The van der Waals surface area contributed by atoms with E-state index in [0.717, 1.165) is 77.2 Å². The van der Waals surface area contributed by atoms with Gasteiger partial charge in [-0.25, -0.2) is 0 Å². The van der Waals surface area contributed by atoms with E-state index in [9.17, 15) is 9.59 Å². The number of hydrogen-bond acceptors (Lipinski definition) is 6. The lowest BCUT2D eigenvalue weighted by molar-refractivity contribution is -0.125. The number of ether oxygens (including phenoxy) is 1. The molecule has 2 aromatic rings. The Balaban J connectivity index is 1.36. The number of rotatable bonds is 9. The van der Waals surface area contributed by atoms with E-state index >= 15 is 0 Å². The maximum absolute atomic E-state index is 13.9. The van der Waals surface area contributed by atoms with Gasteiger partial charge in [0.2, 0.25) is 5.91 Å². The van der Waals surface area contributed by atoms with Crippen molar-refractivity contribution in [3.63, 3.8) is 0 Å². The van der Waals surface area contributed by atoms with Crippen LogP contribution in [0.3, 0.4) is 0 Å². The van der Waals surface area contributed by atoms with Crippen molar-refractivity contribution in [2.24, 2.45) is 5.73 Å². The summed E-state index contributed by atoms with van der Waals surface area (Å²) in [6.45, 7) is 10.7. The van der Waals surface area contributed by atoms with Gasteiger partial charge in [-0.05, 0) is 63.6 Å². The molecular weight excluding hydrogens is 514 g/mol. The fourth-order valence-corrected chi connectivity index (χ4v) is 6.39. The molecule has 1 aliphatic carbocycles. The molecule has 2 aliphatic heterocycles. The third-order valence-electron chi connectivity index (χ3n) is 9.09. The number of aryl methyl sites for hydroxylation is 2. The van der Waals surface area contributed by atoms with Crippen LogP contribution in [0.2, 0.25) is 0 Å². The Morgan fingerprint density at radius 1 is 0.951 bits per heavy atom. The molecule has 8 nitrogen and oxygen atoms in total. The average molecular weight is 562 g/mol. The fraction of sp³-hybridized carbons (Fsp3) is 0.576. The molecule has 3 N–H and O–H groups in total. The second-order valence-corrected chi connectivity index (χ2v) is 12.3. The minimum absolute atomic E-state index is 0.0306. The maximum atomic E-state index is 13.9. The first-order chi connectivity index (χ1) is 19.9. The highest BCUT2D eigenvalue weighted by Crippen LogP contribution is 2.27. The Hall–Kier alpha value is -2.78. The molecule has 2 aromatic carbocycles. The first kappa shape index (κ1) is 29.7. The van der Waals surface area contributed by atoms with Crippen LogP contribution in [-0.4, -0.2) is 96.6 Å². The van der Waals surface area contributed by atoms with E-state index < -0.39 is 6.04 Å². The number of hydrogen-bond donors (Lipinski definition) is 2. The quantitative estimate of drug-likeness (QED) is 0.489. The lowest BCUT2D eigenvalue weighted by Gasteiger charge is -2.33. The van der Waals surface area contributed by atoms with Crippen molar-refractivity contribution in [3.8, 4) is 0 Å². The second kappa shape index (κ2) is 13.9. The Kier molecular flexibility index (Phi) is 10.1. The first-order valence-electron chi connectivity index (χ1n) is 15.4. The Labute approximate surface area is 245 Å². The Morgan fingerprint density at radius 3 is 2.24 bits per heavy atom. The summed E-state index contributed by atoms with van der Waals surface area (Å²) in [7, 11) is 0. The molecule has 2 atom stereocenters. The van der Waals surface area contributed by atoms with Crippen molar-refractivity contribution < 1.29 is 14.3 Å². The number of benzene rings is 2. The Bertz CT molecular complexity index is 1140. The van der Waals surface area contributed by atoms with Gasteiger partial charge in [0.25, 0.3) is 5.91 Å². The molecule has 2 unspecified atom stereocenters. The van der Waals surface area contributed by atoms with Crippen LogP contribution in [0, 0.1) is 13.8 Å². The summed E-state index contributed by atoms with van der Waals surface area (Å²) in [5.41, 5.74) is 10.3. The van der Waals surface area contributed by atoms with E-state index in [0.29, 0.717) is 18.5 Å². The van der Waals surface area contributed by atoms with Crippen LogP contribution < -0.4 is 11.1 Å². The van der Waals surface area contributed by atoms with E-state index in [1.54, 1.807) is 0 Å². The molecule has 5 rings (SSSR count). The van der Waals surface area contributed by atoms with Gasteiger partial charge in [-0.1, -0.05) is 47.5 Å². The molecule has 41 heavy (non-hydrogen) atoms. The summed E-state index contributed by atoms with van der Waals surface area (Å²) in [6, 6.07) is 16.3.